The third-order valence-corrected chi connectivity index (χ3v) is 7.77. The molecule has 38 heavy (non-hydrogen) atoms. The van der Waals surface area contributed by atoms with E-state index >= 15 is 0 Å². The van der Waals surface area contributed by atoms with Crippen molar-refractivity contribution < 1.29 is 22.7 Å². The Morgan fingerprint density at radius 1 is 0.868 bits per heavy atom. The number of nitrogens with one attached hydrogen (secondary N) is 1. The lowest BCUT2D eigenvalue weighted by atomic mass is 10.1. The predicted octanol–water partition coefficient (Wildman–Crippen LogP) is 4.22. The van der Waals surface area contributed by atoms with E-state index in [-0.39, 0.29) is 17.3 Å². The first-order valence-corrected chi connectivity index (χ1v) is 14.2. The highest BCUT2D eigenvalue weighted by atomic mass is 32.2. The molecule has 0 aliphatic heterocycles. The molecule has 0 aliphatic rings. The van der Waals surface area contributed by atoms with E-state index < -0.39 is 28.5 Å². The molecule has 0 spiro atoms. The molecule has 0 radical (unpaired) electrons. The van der Waals surface area contributed by atoms with Gasteiger partial charge in [-0.1, -0.05) is 55.5 Å². The first kappa shape index (κ1) is 28.7. The summed E-state index contributed by atoms with van der Waals surface area (Å²) in [7, 11) is -4.10. The van der Waals surface area contributed by atoms with Gasteiger partial charge in [0.15, 0.2) is 0 Å². The van der Waals surface area contributed by atoms with Crippen molar-refractivity contribution in [2.45, 2.75) is 44.7 Å². The highest BCUT2D eigenvalue weighted by molar-refractivity contribution is 7.92. The minimum atomic E-state index is -4.10. The molecule has 3 rings (SSSR count). The molecule has 1 atom stereocenters. The smallest absolute Gasteiger partial charge is 0.264 e. The minimum absolute atomic E-state index is 0.0621. The first-order chi connectivity index (χ1) is 18.3. The summed E-state index contributed by atoms with van der Waals surface area (Å²) in [6.45, 7) is 6.08. The van der Waals surface area contributed by atoms with Crippen LogP contribution in [0.3, 0.4) is 0 Å². The van der Waals surface area contributed by atoms with E-state index in [4.69, 9.17) is 4.74 Å². The number of nitrogens with zero attached hydrogens (tertiary/aromatic N) is 2. The van der Waals surface area contributed by atoms with Gasteiger partial charge in [-0.3, -0.25) is 13.9 Å². The van der Waals surface area contributed by atoms with Crippen molar-refractivity contribution >= 4 is 27.5 Å². The maximum atomic E-state index is 13.9. The van der Waals surface area contributed by atoms with E-state index in [9.17, 15) is 18.0 Å². The maximum Gasteiger partial charge on any atom is 0.264 e. The fourth-order valence-electron chi connectivity index (χ4n) is 4.12. The van der Waals surface area contributed by atoms with Crippen molar-refractivity contribution in [3.63, 3.8) is 0 Å². The van der Waals surface area contributed by atoms with Crippen molar-refractivity contribution in [1.29, 1.82) is 0 Å². The third kappa shape index (κ3) is 7.13. The number of amides is 2. The summed E-state index contributed by atoms with van der Waals surface area (Å²) in [4.78, 5) is 28.4. The molecule has 9 heteroatoms. The fraction of sp³-hybridized carbons (Fsp3) is 0.310. The van der Waals surface area contributed by atoms with Crippen molar-refractivity contribution in [3.05, 3.63) is 90.5 Å². The summed E-state index contributed by atoms with van der Waals surface area (Å²) in [6.07, 6.45) is 0.374. The molecule has 3 aromatic carbocycles. The number of sulfonamides is 1. The van der Waals surface area contributed by atoms with Gasteiger partial charge in [0.1, 0.15) is 18.3 Å². The summed E-state index contributed by atoms with van der Waals surface area (Å²) in [6, 6.07) is 23.1. The van der Waals surface area contributed by atoms with Crippen LogP contribution < -0.4 is 14.4 Å². The van der Waals surface area contributed by atoms with Gasteiger partial charge >= 0.3 is 0 Å². The number of benzene rings is 3. The van der Waals surface area contributed by atoms with E-state index in [1.807, 2.05) is 51.1 Å². The fourth-order valence-corrected chi connectivity index (χ4v) is 5.55. The number of hydrogen-bond acceptors (Lipinski definition) is 5. The molecule has 202 valence electrons. The van der Waals surface area contributed by atoms with Crippen LogP contribution in [0.2, 0.25) is 0 Å². The second-order valence-electron chi connectivity index (χ2n) is 8.58. The number of anilines is 1. The Bertz CT molecular complexity index is 1280. The summed E-state index contributed by atoms with van der Waals surface area (Å²) in [5.41, 5.74) is 1.15. The van der Waals surface area contributed by atoms with Crippen LogP contribution in [0.15, 0.2) is 89.8 Å². The first-order valence-electron chi connectivity index (χ1n) is 12.7. The highest BCUT2D eigenvalue weighted by Crippen LogP contribution is 2.26. The molecule has 0 aromatic heterocycles. The van der Waals surface area contributed by atoms with Gasteiger partial charge in [0.05, 0.1) is 17.2 Å². The van der Waals surface area contributed by atoms with E-state index in [1.54, 1.807) is 42.5 Å². The van der Waals surface area contributed by atoms with Crippen molar-refractivity contribution in [1.82, 2.24) is 10.2 Å². The van der Waals surface area contributed by atoms with E-state index in [0.29, 0.717) is 31.0 Å². The van der Waals surface area contributed by atoms with Gasteiger partial charge in [-0.2, -0.15) is 0 Å². The lowest BCUT2D eigenvalue weighted by molar-refractivity contribution is -0.140. The van der Waals surface area contributed by atoms with Gasteiger partial charge in [-0.15, -0.1) is 0 Å². The maximum absolute atomic E-state index is 13.9. The zero-order chi connectivity index (χ0) is 27.5. The van der Waals surface area contributed by atoms with Gasteiger partial charge in [0, 0.05) is 13.1 Å². The van der Waals surface area contributed by atoms with Crippen LogP contribution in [0, 0.1) is 0 Å². The van der Waals surface area contributed by atoms with Crippen molar-refractivity contribution in [2.75, 3.05) is 24.0 Å². The summed E-state index contributed by atoms with van der Waals surface area (Å²) in [5, 5.41) is 2.80. The largest absolute Gasteiger partial charge is 0.494 e. The average molecular weight is 538 g/mol. The van der Waals surface area contributed by atoms with Gasteiger partial charge in [0.25, 0.3) is 10.0 Å². The second-order valence-corrected chi connectivity index (χ2v) is 10.4. The van der Waals surface area contributed by atoms with Gasteiger partial charge in [-0.25, -0.2) is 8.42 Å². The monoisotopic (exact) mass is 537 g/mol. The standard InChI is InChI=1S/C29H35N3O5S/c1-4-27(29(34)30-5-2)31(21-23-13-9-7-10-14-23)28(33)22-32(24-17-19-25(20-18-24)37-6-3)38(35,36)26-15-11-8-12-16-26/h7-20,27H,4-6,21-22H2,1-3H3,(H,30,34). The highest BCUT2D eigenvalue weighted by Gasteiger charge is 2.33. The number of hydrogen-bond donors (Lipinski definition) is 1. The van der Waals surface area contributed by atoms with E-state index in [1.165, 1.54) is 17.0 Å². The van der Waals surface area contributed by atoms with Crippen LogP contribution in [0.4, 0.5) is 5.69 Å². The zero-order valence-electron chi connectivity index (χ0n) is 22.0. The SMILES string of the molecule is CCNC(=O)C(CC)N(Cc1ccccc1)C(=O)CN(c1ccc(OCC)cc1)S(=O)(=O)c1ccccc1. The second kappa shape index (κ2) is 13.6. The molecule has 0 heterocycles. The predicted molar refractivity (Wildman–Crippen MR) is 148 cm³/mol. The van der Waals surface area contributed by atoms with Crippen molar-refractivity contribution in [2.24, 2.45) is 0 Å². The Morgan fingerprint density at radius 2 is 1.47 bits per heavy atom. The number of carbonyl (C=O) groups excluding carboxylic acids is 2. The minimum Gasteiger partial charge on any atom is -0.494 e. The van der Waals surface area contributed by atoms with Crippen LogP contribution in [0.5, 0.6) is 5.75 Å². The molecule has 0 saturated carbocycles. The third-order valence-electron chi connectivity index (χ3n) is 5.98. The lowest BCUT2D eigenvalue weighted by Gasteiger charge is -2.33. The van der Waals surface area contributed by atoms with Gasteiger partial charge in [-0.05, 0) is 62.2 Å². The molecule has 0 saturated heterocycles. The van der Waals surface area contributed by atoms with Crippen LogP contribution in [-0.4, -0.2) is 50.9 Å². The topological polar surface area (TPSA) is 96.0 Å². The number of carbonyl (C=O) groups is 2. The van der Waals surface area contributed by atoms with E-state index in [0.717, 1.165) is 9.87 Å². The number of ether oxygens (including phenoxy) is 1. The van der Waals surface area contributed by atoms with Crippen LogP contribution >= 0.6 is 0 Å². The average Bonchev–Trinajstić information content (AvgIpc) is 2.93. The summed E-state index contributed by atoms with van der Waals surface area (Å²) < 4.78 is 34.2. The molecule has 0 fully saturated rings. The normalized spacial score (nSPS) is 11.9. The Kier molecular flexibility index (Phi) is 10.3. The van der Waals surface area contributed by atoms with Gasteiger partial charge < -0.3 is 15.0 Å². The molecular formula is C29H35N3O5S. The lowest BCUT2D eigenvalue weighted by Crippen LogP contribution is -2.52. The van der Waals surface area contributed by atoms with Gasteiger partial charge in [0.2, 0.25) is 11.8 Å². The quantitative estimate of drug-likeness (QED) is 0.352. The number of rotatable bonds is 13. The molecule has 1 N–H and O–H groups in total. The molecule has 0 bridgehead atoms. The molecular weight excluding hydrogens is 502 g/mol. The Hall–Kier alpha value is -3.85. The molecule has 0 aliphatic carbocycles. The zero-order valence-corrected chi connectivity index (χ0v) is 22.9. The Morgan fingerprint density at radius 3 is 2.03 bits per heavy atom. The molecule has 1 unspecified atom stereocenters. The van der Waals surface area contributed by atoms with E-state index in [2.05, 4.69) is 5.32 Å². The molecule has 8 nitrogen and oxygen atoms in total. The molecule has 3 aromatic rings. The van der Waals surface area contributed by atoms with Crippen LogP contribution in [0.25, 0.3) is 0 Å². The summed E-state index contributed by atoms with van der Waals surface area (Å²) in [5.74, 6) is -0.175. The Balaban J connectivity index is 2.03. The van der Waals surface area contributed by atoms with Crippen LogP contribution in [0.1, 0.15) is 32.8 Å². The summed E-state index contributed by atoms with van der Waals surface area (Å²) >= 11 is 0. The number of likely N-dealkylation sites (N-methyl/N-ethyl adjacent to an activating group) is 1. The van der Waals surface area contributed by atoms with Crippen molar-refractivity contribution in [3.8, 4) is 5.75 Å². The van der Waals surface area contributed by atoms with Crippen LogP contribution in [-0.2, 0) is 26.2 Å². The Labute approximate surface area is 225 Å². The molecule has 2 amide bonds.